The van der Waals surface area contributed by atoms with Crippen molar-refractivity contribution < 1.29 is 14.3 Å². The van der Waals surface area contributed by atoms with Crippen molar-refractivity contribution in [1.82, 2.24) is 14.1 Å². The van der Waals surface area contributed by atoms with Crippen molar-refractivity contribution in [3.8, 4) is 0 Å². The third-order valence-corrected chi connectivity index (χ3v) is 5.34. The molecule has 0 atom stereocenters. The summed E-state index contributed by atoms with van der Waals surface area (Å²) in [4.78, 5) is 54.8. The van der Waals surface area contributed by atoms with E-state index in [0.29, 0.717) is 11.3 Å². The number of aryl methyl sites for hydroxylation is 1. The quantitative estimate of drug-likeness (QED) is 0.444. The smallest absolute Gasteiger partial charge is 0.337 e. The van der Waals surface area contributed by atoms with Gasteiger partial charge in [0.25, 0.3) is 5.56 Å². The number of carbonyl (C=O) groups excluding carboxylic acids is 2. The average molecular weight is 458 g/mol. The predicted molar refractivity (Wildman–Crippen MR) is 127 cm³/mol. The van der Waals surface area contributed by atoms with E-state index in [0.717, 1.165) is 15.7 Å². The normalized spacial score (nSPS) is 10.8. The summed E-state index contributed by atoms with van der Waals surface area (Å²) in [7, 11) is 1.28. The molecule has 34 heavy (non-hydrogen) atoms. The van der Waals surface area contributed by atoms with E-state index in [-0.39, 0.29) is 24.1 Å². The van der Waals surface area contributed by atoms with Crippen LogP contribution in [0.2, 0.25) is 0 Å². The first-order chi connectivity index (χ1) is 16.4. The zero-order valence-corrected chi connectivity index (χ0v) is 18.6. The molecule has 0 saturated carbocycles. The van der Waals surface area contributed by atoms with Crippen LogP contribution in [0.3, 0.4) is 0 Å². The Hall–Kier alpha value is -4.53. The van der Waals surface area contributed by atoms with E-state index in [4.69, 9.17) is 0 Å². The highest BCUT2D eigenvalue weighted by molar-refractivity contribution is 5.93. The Kier molecular flexibility index (Phi) is 6.35. The molecule has 1 N–H and O–H groups in total. The van der Waals surface area contributed by atoms with E-state index < -0.39 is 23.1 Å². The number of methoxy groups -OCH3 is 1. The van der Waals surface area contributed by atoms with Gasteiger partial charge < -0.3 is 10.1 Å². The molecule has 9 nitrogen and oxygen atoms in total. The molecule has 0 saturated heterocycles. The van der Waals surface area contributed by atoms with Gasteiger partial charge in [0.1, 0.15) is 6.54 Å². The maximum atomic E-state index is 13.3. The number of carbonyl (C=O) groups is 2. The van der Waals surface area contributed by atoms with Gasteiger partial charge in [-0.15, -0.1) is 0 Å². The summed E-state index contributed by atoms with van der Waals surface area (Å²) >= 11 is 0. The van der Waals surface area contributed by atoms with Crippen molar-refractivity contribution in [1.29, 1.82) is 0 Å². The highest BCUT2D eigenvalue weighted by Crippen LogP contribution is 2.12. The molecular formula is C25H22N4O5. The summed E-state index contributed by atoms with van der Waals surface area (Å²) in [6, 6.07) is 16.8. The Morgan fingerprint density at radius 1 is 0.971 bits per heavy atom. The molecule has 0 radical (unpaired) electrons. The second kappa shape index (κ2) is 9.53. The van der Waals surface area contributed by atoms with Gasteiger partial charge in [-0.1, -0.05) is 29.8 Å². The van der Waals surface area contributed by atoms with Crippen molar-refractivity contribution in [2.24, 2.45) is 0 Å². The van der Waals surface area contributed by atoms with Crippen molar-refractivity contribution >= 4 is 28.6 Å². The maximum Gasteiger partial charge on any atom is 0.337 e. The Balaban J connectivity index is 1.67. The van der Waals surface area contributed by atoms with Gasteiger partial charge in [-0.3, -0.25) is 18.7 Å². The van der Waals surface area contributed by atoms with E-state index in [1.165, 1.54) is 30.0 Å². The molecule has 0 aliphatic heterocycles. The molecule has 0 aliphatic carbocycles. The van der Waals surface area contributed by atoms with Gasteiger partial charge in [-0.2, -0.15) is 0 Å². The summed E-state index contributed by atoms with van der Waals surface area (Å²) in [5.74, 6) is -0.960. The summed E-state index contributed by atoms with van der Waals surface area (Å²) in [6.45, 7) is 1.68. The van der Waals surface area contributed by atoms with Gasteiger partial charge in [0.2, 0.25) is 5.91 Å². The Morgan fingerprint density at radius 2 is 1.68 bits per heavy atom. The van der Waals surface area contributed by atoms with Gasteiger partial charge in [0.05, 0.1) is 24.7 Å². The van der Waals surface area contributed by atoms with E-state index in [1.54, 1.807) is 24.3 Å². The van der Waals surface area contributed by atoms with Gasteiger partial charge in [-0.05, 0) is 48.9 Å². The standard InChI is InChI=1S/C25H22N4O5/c1-16-5-7-17(8-6-16)14-29-23(31)22-20(4-3-13-26-22)28(25(29)33)15-21(30)27-19-11-9-18(10-12-19)24(32)34-2/h3-13H,14-15H2,1-2H3,(H,27,30). The summed E-state index contributed by atoms with van der Waals surface area (Å²) < 4.78 is 6.98. The van der Waals surface area contributed by atoms with Crippen molar-refractivity contribution in [2.45, 2.75) is 20.0 Å². The molecule has 2 aromatic carbocycles. The van der Waals surface area contributed by atoms with Crippen LogP contribution in [-0.4, -0.2) is 33.1 Å². The van der Waals surface area contributed by atoms with Gasteiger partial charge >= 0.3 is 11.7 Å². The number of hydrogen-bond acceptors (Lipinski definition) is 6. The summed E-state index contributed by atoms with van der Waals surface area (Å²) in [6.07, 6.45) is 1.47. The number of pyridine rings is 1. The Bertz CT molecular complexity index is 1490. The zero-order valence-electron chi connectivity index (χ0n) is 18.6. The van der Waals surface area contributed by atoms with Crippen LogP contribution >= 0.6 is 0 Å². The average Bonchev–Trinajstić information content (AvgIpc) is 2.85. The van der Waals surface area contributed by atoms with Crippen LogP contribution in [0.15, 0.2) is 76.4 Å². The molecule has 1 amide bonds. The van der Waals surface area contributed by atoms with Crippen LogP contribution in [0.25, 0.3) is 11.0 Å². The number of nitrogens with one attached hydrogen (secondary N) is 1. The molecule has 2 aromatic heterocycles. The highest BCUT2D eigenvalue weighted by atomic mass is 16.5. The minimum atomic E-state index is -0.609. The molecule has 0 spiro atoms. The molecule has 0 aliphatic rings. The minimum Gasteiger partial charge on any atom is -0.465 e. The zero-order chi connectivity index (χ0) is 24.2. The minimum absolute atomic E-state index is 0.0566. The Labute approximate surface area is 194 Å². The third kappa shape index (κ3) is 4.63. The van der Waals surface area contributed by atoms with Gasteiger partial charge in [0.15, 0.2) is 5.52 Å². The number of aromatic nitrogens is 3. The van der Waals surface area contributed by atoms with E-state index in [9.17, 15) is 19.2 Å². The second-order valence-corrected chi connectivity index (χ2v) is 7.73. The van der Waals surface area contributed by atoms with Crippen LogP contribution in [0.1, 0.15) is 21.5 Å². The topological polar surface area (TPSA) is 112 Å². The number of rotatable bonds is 6. The van der Waals surface area contributed by atoms with Crippen LogP contribution in [-0.2, 0) is 22.6 Å². The fourth-order valence-electron chi connectivity index (χ4n) is 3.56. The molecule has 9 heteroatoms. The maximum absolute atomic E-state index is 13.3. The van der Waals surface area contributed by atoms with Gasteiger partial charge in [-0.25, -0.2) is 14.6 Å². The van der Waals surface area contributed by atoms with Crippen molar-refractivity contribution in [3.63, 3.8) is 0 Å². The molecular weight excluding hydrogens is 436 g/mol. The number of hydrogen-bond donors (Lipinski definition) is 1. The number of nitrogens with zero attached hydrogens (tertiary/aromatic N) is 3. The molecule has 4 rings (SSSR count). The summed E-state index contributed by atoms with van der Waals surface area (Å²) in [5.41, 5.74) is 1.88. The van der Waals surface area contributed by atoms with E-state index >= 15 is 0 Å². The van der Waals surface area contributed by atoms with Crippen LogP contribution in [0, 0.1) is 6.92 Å². The van der Waals surface area contributed by atoms with E-state index in [1.807, 2.05) is 31.2 Å². The SMILES string of the molecule is COC(=O)c1ccc(NC(=O)Cn2c(=O)n(Cc3ccc(C)cc3)c(=O)c3ncccc32)cc1. The molecule has 4 aromatic rings. The largest absolute Gasteiger partial charge is 0.465 e. The van der Waals surface area contributed by atoms with Crippen LogP contribution < -0.4 is 16.6 Å². The third-order valence-electron chi connectivity index (χ3n) is 5.34. The molecule has 172 valence electrons. The monoisotopic (exact) mass is 458 g/mol. The number of benzene rings is 2. The number of anilines is 1. The lowest BCUT2D eigenvalue weighted by atomic mass is 10.1. The van der Waals surface area contributed by atoms with Crippen LogP contribution in [0.5, 0.6) is 0 Å². The lowest BCUT2D eigenvalue weighted by Gasteiger charge is -2.14. The molecule has 2 heterocycles. The number of fused-ring (bicyclic) bond motifs is 1. The van der Waals surface area contributed by atoms with Crippen molar-refractivity contribution in [3.05, 3.63) is 104 Å². The lowest BCUT2D eigenvalue weighted by Crippen LogP contribution is -2.42. The lowest BCUT2D eigenvalue weighted by molar-refractivity contribution is -0.116. The first-order valence-electron chi connectivity index (χ1n) is 10.5. The molecule has 0 fully saturated rings. The number of amides is 1. The summed E-state index contributed by atoms with van der Waals surface area (Å²) in [5, 5.41) is 2.70. The first-order valence-corrected chi connectivity index (χ1v) is 10.5. The fourth-order valence-corrected chi connectivity index (χ4v) is 3.56. The number of esters is 1. The van der Waals surface area contributed by atoms with E-state index in [2.05, 4.69) is 15.0 Å². The predicted octanol–water partition coefficient (Wildman–Crippen LogP) is 2.34. The fraction of sp³-hybridized carbons (Fsp3) is 0.160. The Morgan fingerprint density at radius 3 is 2.35 bits per heavy atom. The highest BCUT2D eigenvalue weighted by Gasteiger charge is 2.17. The van der Waals surface area contributed by atoms with Gasteiger partial charge in [0, 0.05) is 11.9 Å². The first kappa shape index (κ1) is 22.7. The molecule has 0 unspecified atom stereocenters. The second-order valence-electron chi connectivity index (χ2n) is 7.73. The molecule has 0 bridgehead atoms. The van der Waals surface area contributed by atoms with Crippen LogP contribution in [0.4, 0.5) is 5.69 Å². The number of ether oxygens (including phenoxy) is 1. The van der Waals surface area contributed by atoms with Crippen molar-refractivity contribution in [2.75, 3.05) is 12.4 Å².